The molecule has 1 N–H and O–H groups in total. The van der Waals surface area contributed by atoms with Crippen LogP contribution in [0.3, 0.4) is 0 Å². The van der Waals surface area contributed by atoms with Crippen LogP contribution in [0.25, 0.3) is 0 Å². The van der Waals surface area contributed by atoms with Crippen LogP contribution in [-0.4, -0.2) is 12.5 Å². The first-order chi connectivity index (χ1) is 9.93. The summed E-state index contributed by atoms with van der Waals surface area (Å²) in [5.41, 5.74) is -3.71. The van der Waals surface area contributed by atoms with Crippen LogP contribution >= 0.6 is 0 Å². The third-order valence-corrected chi connectivity index (χ3v) is 2.90. The maximum absolute atomic E-state index is 12.8. The summed E-state index contributed by atoms with van der Waals surface area (Å²) in [5, 5.41) is 2.22. The van der Waals surface area contributed by atoms with Crippen molar-refractivity contribution in [1.29, 1.82) is 0 Å². The van der Waals surface area contributed by atoms with Gasteiger partial charge in [0.1, 0.15) is 0 Å². The number of benzene rings is 1. The topological polar surface area (TPSA) is 29.1 Å². The smallest absolute Gasteiger partial charge is 0.352 e. The molecule has 2 nitrogen and oxygen atoms in total. The van der Waals surface area contributed by atoms with E-state index < -0.39 is 35.0 Å². The number of carbonyl (C=O) groups is 1. The van der Waals surface area contributed by atoms with Gasteiger partial charge in [0.25, 0.3) is 5.91 Å². The van der Waals surface area contributed by atoms with Crippen molar-refractivity contribution < 1.29 is 31.1 Å². The first kappa shape index (κ1) is 18.3. The molecule has 0 fully saturated rings. The van der Waals surface area contributed by atoms with Crippen molar-refractivity contribution in [3.05, 3.63) is 34.9 Å². The fraction of sp³-hybridized carbons (Fsp3) is 0.500. The molecular formula is C14H15F6NO. The Kier molecular flexibility index (Phi) is 5.48. The summed E-state index contributed by atoms with van der Waals surface area (Å²) in [4.78, 5) is 11.8. The van der Waals surface area contributed by atoms with Crippen molar-refractivity contribution in [2.24, 2.45) is 5.92 Å². The van der Waals surface area contributed by atoms with Gasteiger partial charge in [-0.25, -0.2) is 0 Å². The van der Waals surface area contributed by atoms with Gasteiger partial charge < -0.3 is 5.32 Å². The number of amides is 1. The van der Waals surface area contributed by atoms with Gasteiger partial charge in [-0.15, -0.1) is 0 Å². The molecule has 0 spiro atoms. The Bertz CT molecular complexity index is 533. The van der Waals surface area contributed by atoms with Crippen LogP contribution in [-0.2, 0) is 12.4 Å². The number of halogens is 6. The number of carbonyl (C=O) groups excluding carboxylic acids is 1. The largest absolute Gasteiger partial charge is 0.417 e. The van der Waals surface area contributed by atoms with E-state index in [0.29, 0.717) is 12.5 Å². The lowest BCUT2D eigenvalue weighted by Gasteiger charge is -2.16. The monoisotopic (exact) mass is 327 g/mol. The van der Waals surface area contributed by atoms with Gasteiger partial charge in [0.15, 0.2) is 0 Å². The normalized spacial score (nSPS) is 12.6. The van der Waals surface area contributed by atoms with Gasteiger partial charge in [-0.3, -0.25) is 4.79 Å². The van der Waals surface area contributed by atoms with Gasteiger partial charge in [-0.05, 0) is 30.5 Å². The van der Waals surface area contributed by atoms with Crippen molar-refractivity contribution in [2.75, 3.05) is 6.54 Å². The number of hydrogen-bond donors (Lipinski definition) is 1. The Morgan fingerprint density at radius 2 is 1.68 bits per heavy atom. The van der Waals surface area contributed by atoms with Crippen molar-refractivity contribution in [1.82, 2.24) is 5.32 Å². The number of alkyl halides is 6. The van der Waals surface area contributed by atoms with E-state index in [2.05, 4.69) is 5.32 Å². The number of hydrogen-bond acceptors (Lipinski definition) is 1. The molecule has 1 aromatic carbocycles. The van der Waals surface area contributed by atoms with Crippen molar-refractivity contribution in [2.45, 2.75) is 32.6 Å². The zero-order valence-electron chi connectivity index (χ0n) is 11.9. The molecule has 0 bridgehead atoms. The van der Waals surface area contributed by atoms with Crippen LogP contribution in [0.15, 0.2) is 18.2 Å². The van der Waals surface area contributed by atoms with E-state index in [9.17, 15) is 31.1 Å². The summed E-state index contributed by atoms with van der Waals surface area (Å²) in [5.74, 6) is -0.969. The zero-order chi connectivity index (χ0) is 17.1. The molecule has 0 saturated carbocycles. The van der Waals surface area contributed by atoms with Gasteiger partial charge >= 0.3 is 12.4 Å². The lowest BCUT2D eigenvalue weighted by molar-refractivity contribution is -0.141. The molecule has 0 radical (unpaired) electrons. The molecule has 0 aliphatic carbocycles. The molecule has 0 aliphatic heterocycles. The Morgan fingerprint density at radius 1 is 1.09 bits per heavy atom. The number of rotatable bonds is 4. The first-order valence-electron chi connectivity index (χ1n) is 6.49. The summed E-state index contributed by atoms with van der Waals surface area (Å²) in [6, 6.07) is 0.821. The molecule has 1 amide bonds. The minimum absolute atomic E-state index is 0.0873. The van der Waals surface area contributed by atoms with Gasteiger partial charge in [0.2, 0.25) is 0 Å². The Morgan fingerprint density at radius 3 is 2.14 bits per heavy atom. The average molecular weight is 327 g/mol. The molecule has 0 aliphatic rings. The van der Waals surface area contributed by atoms with E-state index in [1.54, 1.807) is 0 Å². The fourth-order valence-electron chi connectivity index (χ4n) is 1.73. The maximum Gasteiger partial charge on any atom is 0.417 e. The van der Waals surface area contributed by atoms with Gasteiger partial charge in [-0.1, -0.05) is 13.8 Å². The molecule has 0 atom stereocenters. The van der Waals surface area contributed by atoms with E-state index >= 15 is 0 Å². The minimum atomic E-state index is -4.91. The fourth-order valence-corrected chi connectivity index (χ4v) is 1.73. The third-order valence-electron chi connectivity index (χ3n) is 2.90. The minimum Gasteiger partial charge on any atom is -0.352 e. The summed E-state index contributed by atoms with van der Waals surface area (Å²) in [6.07, 6.45) is -9.22. The predicted molar refractivity (Wildman–Crippen MR) is 68.2 cm³/mol. The first-order valence-corrected chi connectivity index (χ1v) is 6.49. The Balaban J connectivity index is 3.14. The Hall–Kier alpha value is -1.73. The summed E-state index contributed by atoms with van der Waals surface area (Å²) in [6.45, 7) is 3.78. The van der Waals surface area contributed by atoms with Crippen molar-refractivity contribution >= 4 is 5.91 Å². The van der Waals surface area contributed by atoms with Crippen molar-refractivity contribution in [3.8, 4) is 0 Å². The van der Waals surface area contributed by atoms with E-state index in [1.807, 2.05) is 13.8 Å². The van der Waals surface area contributed by atoms with Crippen LogP contribution in [0, 0.1) is 5.92 Å². The van der Waals surface area contributed by atoms with Crippen LogP contribution in [0.4, 0.5) is 26.3 Å². The highest BCUT2D eigenvalue weighted by molar-refractivity contribution is 5.96. The lowest BCUT2D eigenvalue weighted by atomic mass is 10.0. The Labute approximate surface area is 123 Å². The van der Waals surface area contributed by atoms with Gasteiger partial charge in [-0.2, -0.15) is 26.3 Å². The van der Waals surface area contributed by atoms with Crippen LogP contribution in [0.5, 0.6) is 0 Å². The maximum atomic E-state index is 12.8. The highest BCUT2D eigenvalue weighted by Gasteiger charge is 2.38. The third kappa shape index (κ3) is 4.92. The standard InChI is InChI=1S/C14H15F6NO/c1-8(2)5-6-21-12(22)10-7-9(13(15,16)17)3-4-11(10)14(18,19)20/h3-4,7-8H,5-6H2,1-2H3,(H,21,22). The second kappa shape index (κ2) is 6.58. The molecule has 8 heteroatoms. The SMILES string of the molecule is CC(C)CCNC(=O)c1cc(C(F)(F)F)ccc1C(F)(F)F. The van der Waals surface area contributed by atoms with E-state index in [1.165, 1.54) is 0 Å². The predicted octanol–water partition coefficient (Wildman–Crippen LogP) is 4.50. The summed E-state index contributed by atoms with van der Waals surface area (Å²) >= 11 is 0. The molecule has 22 heavy (non-hydrogen) atoms. The van der Waals surface area contributed by atoms with Crippen LogP contribution in [0.2, 0.25) is 0 Å². The molecule has 1 rings (SSSR count). The molecule has 0 heterocycles. The molecule has 1 aromatic rings. The van der Waals surface area contributed by atoms with E-state index in [0.717, 1.165) is 0 Å². The highest BCUT2D eigenvalue weighted by Crippen LogP contribution is 2.36. The van der Waals surface area contributed by atoms with Gasteiger partial charge in [0.05, 0.1) is 16.7 Å². The average Bonchev–Trinajstić information content (AvgIpc) is 2.35. The molecule has 0 saturated heterocycles. The molecule has 0 aromatic heterocycles. The second-order valence-corrected chi connectivity index (χ2v) is 5.19. The number of nitrogens with one attached hydrogen (secondary N) is 1. The summed E-state index contributed by atoms with van der Waals surface area (Å²) < 4.78 is 76.3. The lowest BCUT2D eigenvalue weighted by Crippen LogP contribution is -2.28. The van der Waals surface area contributed by atoms with Gasteiger partial charge in [0, 0.05) is 6.54 Å². The van der Waals surface area contributed by atoms with E-state index in [4.69, 9.17) is 0 Å². The second-order valence-electron chi connectivity index (χ2n) is 5.19. The van der Waals surface area contributed by atoms with Crippen LogP contribution < -0.4 is 5.32 Å². The molecular weight excluding hydrogens is 312 g/mol. The van der Waals surface area contributed by atoms with Crippen LogP contribution in [0.1, 0.15) is 41.8 Å². The molecule has 124 valence electrons. The zero-order valence-corrected chi connectivity index (χ0v) is 11.9. The summed E-state index contributed by atoms with van der Waals surface area (Å²) in [7, 11) is 0. The quantitative estimate of drug-likeness (QED) is 0.811. The molecule has 0 unspecified atom stereocenters. The van der Waals surface area contributed by atoms with E-state index in [-0.39, 0.29) is 24.6 Å². The highest BCUT2D eigenvalue weighted by atomic mass is 19.4. The van der Waals surface area contributed by atoms with Crippen molar-refractivity contribution in [3.63, 3.8) is 0 Å².